The van der Waals surface area contributed by atoms with Gasteiger partial charge in [0.2, 0.25) is 0 Å². The van der Waals surface area contributed by atoms with Gasteiger partial charge in [-0.25, -0.2) is 0 Å². The van der Waals surface area contributed by atoms with Crippen LogP contribution in [0.15, 0.2) is 12.4 Å². The van der Waals surface area contributed by atoms with Crippen LogP contribution in [0.25, 0.3) is 0 Å². The Morgan fingerprint density at radius 1 is 1.41 bits per heavy atom. The average molecular weight is 237 g/mol. The highest BCUT2D eigenvalue weighted by molar-refractivity contribution is 5.06. The first-order valence-electron chi connectivity index (χ1n) is 6.57. The molecule has 1 aromatic heterocycles. The van der Waals surface area contributed by atoms with Crippen molar-refractivity contribution in [3.05, 3.63) is 18.0 Å². The molecule has 0 amide bonds. The zero-order valence-electron chi connectivity index (χ0n) is 12.0. The number of nitrogens with one attached hydrogen (secondary N) is 1. The van der Waals surface area contributed by atoms with Gasteiger partial charge in [0, 0.05) is 13.2 Å². The van der Waals surface area contributed by atoms with Gasteiger partial charge in [-0.3, -0.25) is 4.68 Å². The van der Waals surface area contributed by atoms with Gasteiger partial charge in [-0.1, -0.05) is 27.7 Å². The topological polar surface area (TPSA) is 29.9 Å². The van der Waals surface area contributed by atoms with Crippen LogP contribution in [0.3, 0.4) is 0 Å². The third-order valence-electron chi connectivity index (χ3n) is 2.97. The molecule has 1 heterocycles. The first kappa shape index (κ1) is 14.2. The largest absolute Gasteiger partial charge is 0.316 e. The lowest BCUT2D eigenvalue weighted by atomic mass is 9.83. The Kier molecular flexibility index (Phi) is 5.19. The molecule has 1 N–H and O–H groups in total. The van der Waals surface area contributed by atoms with E-state index in [4.69, 9.17) is 0 Å². The van der Waals surface area contributed by atoms with Crippen LogP contribution in [0.5, 0.6) is 0 Å². The fourth-order valence-corrected chi connectivity index (χ4v) is 2.02. The van der Waals surface area contributed by atoms with Crippen LogP contribution in [0.2, 0.25) is 0 Å². The van der Waals surface area contributed by atoms with Crippen LogP contribution in [0.4, 0.5) is 0 Å². The van der Waals surface area contributed by atoms with Crippen LogP contribution >= 0.6 is 0 Å². The molecule has 0 aliphatic carbocycles. The second kappa shape index (κ2) is 6.20. The van der Waals surface area contributed by atoms with Crippen molar-refractivity contribution in [3.8, 4) is 0 Å². The van der Waals surface area contributed by atoms with Gasteiger partial charge in [-0.05, 0) is 42.8 Å². The fourth-order valence-electron chi connectivity index (χ4n) is 2.02. The van der Waals surface area contributed by atoms with Gasteiger partial charge in [-0.2, -0.15) is 5.10 Å². The van der Waals surface area contributed by atoms with Crippen molar-refractivity contribution in [2.45, 2.75) is 40.5 Å². The summed E-state index contributed by atoms with van der Waals surface area (Å²) in [6.45, 7) is 11.4. The molecular weight excluding hydrogens is 210 g/mol. The Labute approximate surface area is 106 Å². The quantitative estimate of drug-likeness (QED) is 0.739. The van der Waals surface area contributed by atoms with E-state index in [0.717, 1.165) is 25.4 Å². The predicted octanol–water partition coefficient (Wildman–Crippen LogP) is 2.62. The lowest BCUT2D eigenvalue weighted by molar-refractivity contribution is 0.322. The lowest BCUT2D eigenvalue weighted by Crippen LogP contribution is -2.26. The molecule has 0 aromatic carbocycles. The number of hydrogen-bond donors (Lipinski definition) is 1. The van der Waals surface area contributed by atoms with Crippen LogP contribution < -0.4 is 5.32 Å². The highest BCUT2D eigenvalue weighted by Crippen LogP contribution is 2.25. The molecule has 0 aliphatic heterocycles. The maximum atomic E-state index is 4.22. The maximum absolute atomic E-state index is 4.22. The van der Waals surface area contributed by atoms with Crippen molar-refractivity contribution < 1.29 is 0 Å². The standard InChI is InChI=1S/C14H27N3/c1-12(2)9-15-7-6-14(3,4)8-13-10-16-17(5)11-13/h10-12,15H,6-9H2,1-5H3. The molecule has 0 unspecified atom stereocenters. The summed E-state index contributed by atoms with van der Waals surface area (Å²) in [6.07, 6.45) is 6.39. The Hall–Kier alpha value is -0.830. The third kappa shape index (κ3) is 5.87. The lowest BCUT2D eigenvalue weighted by Gasteiger charge is -2.24. The number of nitrogens with zero attached hydrogens (tertiary/aromatic N) is 2. The van der Waals surface area contributed by atoms with E-state index >= 15 is 0 Å². The van der Waals surface area contributed by atoms with Crippen molar-refractivity contribution in [3.63, 3.8) is 0 Å². The van der Waals surface area contributed by atoms with E-state index in [9.17, 15) is 0 Å². The summed E-state index contributed by atoms with van der Waals surface area (Å²) < 4.78 is 1.88. The normalized spacial score (nSPS) is 12.4. The Morgan fingerprint density at radius 3 is 2.65 bits per heavy atom. The molecule has 0 saturated carbocycles. The first-order valence-corrected chi connectivity index (χ1v) is 6.57. The summed E-state index contributed by atoms with van der Waals surface area (Å²) in [5.41, 5.74) is 1.67. The first-order chi connectivity index (χ1) is 7.89. The van der Waals surface area contributed by atoms with E-state index in [0.29, 0.717) is 5.41 Å². The molecule has 3 heteroatoms. The number of hydrogen-bond acceptors (Lipinski definition) is 2. The zero-order chi connectivity index (χ0) is 12.9. The van der Waals surface area contributed by atoms with Gasteiger partial charge in [0.15, 0.2) is 0 Å². The Balaban J connectivity index is 2.30. The van der Waals surface area contributed by atoms with E-state index in [2.05, 4.69) is 44.3 Å². The maximum Gasteiger partial charge on any atom is 0.0521 e. The molecule has 0 saturated heterocycles. The fraction of sp³-hybridized carbons (Fsp3) is 0.786. The van der Waals surface area contributed by atoms with E-state index < -0.39 is 0 Å². The van der Waals surface area contributed by atoms with Crippen LogP contribution in [0.1, 0.15) is 39.7 Å². The number of rotatable bonds is 7. The van der Waals surface area contributed by atoms with E-state index in [-0.39, 0.29) is 0 Å². The highest BCUT2D eigenvalue weighted by Gasteiger charge is 2.18. The van der Waals surface area contributed by atoms with Gasteiger partial charge in [0.25, 0.3) is 0 Å². The van der Waals surface area contributed by atoms with Gasteiger partial charge in [0.1, 0.15) is 0 Å². The van der Waals surface area contributed by atoms with E-state index in [1.165, 1.54) is 12.0 Å². The molecule has 0 atom stereocenters. The van der Waals surface area contributed by atoms with Crippen molar-refractivity contribution in [2.75, 3.05) is 13.1 Å². The highest BCUT2D eigenvalue weighted by atomic mass is 15.2. The molecule has 0 bridgehead atoms. The Bertz CT molecular complexity index is 326. The van der Waals surface area contributed by atoms with Crippen molar-refractivity contribution >= 4 is 0 Å². The molecule has 1 aromatic rings. The smallest absolute Gasteiger partial charge is 0.0521 e. The molecule has 0 aliphatic rings. The number of aromatic nitrogens is 2. The van der Waals surface area contributed by atoms with Crippen molar-refractivity contribution in [2.24, 2.45) is 18.4 Å². The summed E-state index contributed by atoms with van der Waals surface area (Å²) in [7, 11) is 1.97. The monoisotopic (exact) mass is 237 g/mol. The van der Waals surface area contributed by atoms with Crippen LogP contribution in [0, 0.1) is 11.3 Å². The SMILES string of the molecule is CC(C)CNCCC(C)(C)Cc1cnn(C)c1. The summed E-state index contributed by atoms with van der Waals surface area (Å²) in [5.74, 6) is 0.733. The molecular formula is C14H27N3. The zero-order valence-corrected chi connectivity index (χ0v) is 12.0. The van der Waals surface area contributed by atoms with Gasteiger partial charge >= 0.3 is 0 Å². The van der Waals surface area contributed by atoms with Gasteiger partial charge in [0.05, 0.1) is 6.20 Å². The summed E-state index contributed by atoms with van der Waals surface area (Å²) >= 11 is 0. The van der Waals surface area contributed by atoms with Crippen LogP contribution in [-0.2, 0) is 13.5 Å². The molecule has 17 heavy (non-hydrogen) atoms. The summed E-state index contributed by atoms with van der Waals surface area (Å²) in [5, 5.41) is 7.73. The van der Waals surface area contributed by atoms with E-state index in [1.807, 2.05) is 17.9 Å². The predicted molar refractivity (Wildman–Crippen MR) is 73.0 cm³/mol. The minimum Gasteiger partial charge on any atom is -0.316 e. The second-order valence-corrected chi connectivity index (χ2v) is 6.21. The second-order valence-electron chi connectivity index (χ2n) is 6.21. The Morgan fingerprint density at radius 2 is 2.12 bits per heavy atom. The summed E-state index contributed by atoms with van der Waals surface area (Å²) in [4.78, 5) is 0. The molecule has 1 rings (SSSR count). The molecule has 0 spiro atoms. The third-order valence-corrected chi connectivity index (χ3v) is 2.97. The molecule has 0 fully saturated rings. The van der Waals surface area contributed by atoms with Gasteiger partial charge in [-0.15, -0.1) is 0 Å². The van der Waals surface area contributed by atoms with Crippen molar-refractivity contribution in [1.29, 1.82) is 0 Å². The molecule has 98 valence electrons. The summed E-state index contributed by atoms with van der Waals surface area (Å²) in [6, 6.07) is 0. The van der Waals surface area contributed by atoms with Gasteiger partial charge < -0.3 is 5.32 Å². The minimum atomic E-state index is 0.340. The minimum absolute atomic E-state index is 0.340. The molecule has 3 nitrogen and oxygen atoms in total. The average Bonchev–Trinajstić information content (AvgIpc) is 2.57. The van der Waals surface area contributed by atoms with Crippen molar-refractivity contribution in [1.82, 2.24) is 15.1 Å². The number of aryl methyl sites for hydroxylation is 1. The van der Waals surface area contributed by atoms with Crippen LogP contribution in [-0.4, -0.2) is 22.9 Å². The molecule has 0 radical (unpaired) electrons. The van der Waals surface area contributed by atoms with E-state index in [1.54, 1.807) is 0 Å².